The predicted molar refractivity (Wildman–Crippen MR) is 116 cm³/mol. The van der Waals surface area contributed by atoms with Crippen molar-refractivity contribution in [1.29, 1.82) is 0 Å². The Labute approximate surface area is 188 Å². The number of hydrogen-bond donors (Lipinski definition) is 3. The van der Waals surface area contributed by atoms with Crippen LogP contribution in [0.2, 0.25) is 20.1 Å². The van der Waals surface area contributed by atoms with Gasteiger partial charge in [0, 0.05) is 51.4 Å². The van der Waals surface area contributed by atoms with Crippen LogP contribution >= 0.6 is 46.4 Å². The summed E-state index contributed by atoms with van der Waals surface area (Å²) >= 11 is 24.0. The molecule has 1 aliphatic rings. The molecule has 3 N–H and O–H groups in total. The molecule has 152 valence electrons. The second-order valence-electron chi connectivity index (χ2n) is 6.47. The van der Waals surface area contributed by atoms with Gasteiger partial charge in [-0.3, -0.25) is 9.59 Å². The quantitative estimate of drug-likeness (QED) is 0.543. The summed E-state index contributed by atoms with van der Waals surface area (Å²) in [5.74, 6) is -0.571. The smallest absolute Gasteiger partial charge is 0.249 e. The molecule has 0 saturated carbocycles. The average Bonchev–Trinajstić information content (AvgIpc) is 3.03. The lowest BCUT2D eigenvalue weighted by Crippen LogP contribution is -2.41. The molecule has 0 aromatic heterocycles. The molecule has 5 nitrogen and oxygen atoms in total. The largest absolute Gasteiger partial charge is 0.386 e. The number of amides is 2. The summed E-state index contributed by atoms with van der Waals surface area (Å²) < 4.78 is 0. The van der Waals surface area contributed by atoms with Gasteiger partial charge in [-0.25, -0.2) is 0 Å². The van der Waals surface area contributed by atoms with Gasteiger partial charge in [0.05, 0.1) is 0 Å². The Bertz CT molecular complexity index is 978. The van der Waals surface area contributed by atoms with Crippen LogP contribution in [-0.2, 0) is 22.7 Å². The lowest BCUT2D eigenvalue weighted by atomic mass is 10.1. The number of carbonyl (C=O) groups excluding carboxylic acids is 2. The van der Waals surface area contributed by atoms with E-state index in [4.69, 9.17) is 46.4 Å². The summed E-state index contributed by atoms with van der Waals surface area (Å²) in [5, 5.41) is 10.6. The third kappa shape index (κ3) is 5.80. The minimum absolute atomic E-state index is 0.244. The second kappa shape index (κ2) is 9.72. The summed E-state index contributed by atoms with van der Waals surface area (Å²) in [6.07, 6.45) is 1.88. The van der Waals surface area contributed by atoms with Crippen LogP contribution in [0, 0.1) is 0 Å². The van der Waals surface area contributed by atoms with Crippen LogP contribution < -0.4 is 16.0 Å². The van der Waals surface area contributed by atoms with Gasteiger partial charge in [0.1, 0.15) is 6.04 Å². The molecule has 1 heterocycles. The number of rotatable bonds is 6. The van der Waals surface area contributed by atoms with Crippen molar-refractivity contribution in [2.75, 3.05) is 0 Å². The monoisotopic (exact) mass is 471 g/mol. The Balaban J connectivity index is 1.53. The van der Waals surface area contributed by atoms with E-state index in [2.05, 4.69) is 16.0 Å². The van der Waals surface area contributed by atoms with E-state index >= 15 is 0 Å². The predicted octanol–water partition coefficient (Wildman–Crippen LogP) is 4.48. The molecule has 3 rings (SSSR count). The maximum atomic E-state index is 12.4. The third-order valence-electron chi connectivity index (χ3n) is 4.39. The van der Waals surface area contributed by atoms with E-state index in [1.165, 1.54) is 0 Å². The van der Waals surface area contributed by atoms with E-state index in [1.54, 1.807) is 36.5 Å². The van der Waals surface area contributed by atoms with Gasteiger partial charge in [0.15, 0.2) is 0 Å². The summed E-state index contributed by atoms with van der Waals surface area (Å²) in [7, 11) is 0. The Morgan fingerprint density at radius 1 is 1.00 bits per heavy atom. The number of halogens is 4. The molecule has 9 heteroatoms. The van der Waals surface area contributed by atoms with Crippen molar-refractivity contribution < 1.29 is 9.59 Å². The number of nitrogens with one attached hydrogen (secondary N) is 3. The Morgan fingerprint density at radius 2 is 1.59 bits per heavy atom. The first kappa shape index (κ1) is 21.8. The molecule has 0 aliphatic carbocycles. The van der Waals surface area contributed by atoms with Gasteiger partial charge in [0.25, 0.3) is 0 Å². The topological polar surface area (TPSA) is 70.2 Å². The summed E-state index contributed by atoms with van der Waals surface area (Å²) in [6.45, 7) is 0.673. The molecule has 0 spiro atoms. The van der Waals surface area contributed by atoms with Crippen molar-refractivity contribution in [2.45, 2.75) is 25.6 Å². The molecule has 2 aromatic carbocycles. The fourth-order valence-electron chi connectivity index (χ4n) is 2.82. The van der Waals surface area contributed by atoms with Crippen LogP contribution in [0.1, 0.15) is 17.5 Å². The first-order valence-electron chi connectivity index (χ1n) is 8.72. The molecule has 2 aromatic rings. The molecule has 29 heavy (non-hydrogen) atoms. The summed E-state index contributed by atoms with van der Waals surface area (Å²) in [6, 6.07) is 9.63. The van der Waals surface area contributed by atoms with Crippen molar-refractivity contribution in [3.05, 3.63) is 79.4 Å². The Kier molecular flexibility index (Phi) is 7.30. The normalized spacial score (nSPS) is 17.3. The number of benzene rings is 2. The van der Waals surface area contributed by atoms with Gasteiger partial charge in [-0.1, -0.05) is 58.5 Å². The van der Waals surface area contributed by atoms with E-state index in [0.717, 1.165) is 11.1 Å². The zero-order chi connectivity index (χ0) is 21.0. The molecule has 1 fully saturated rings. The summed E-state index contributed by atoms with van der Waals surface area (Å²) in [5.41, 5.74) is 2.08. The molecule has 2 amide bonds. The number of carbonyl (C=O) groups is 2. The third-order valence-corrected chi connectivity index (χ3v) is 5.56. The average molecular weight is 473 g/mol. The molecule has 1 atom stereocenters. The minimum Gasteiger partial charge on any atom is -0.386 e. The highest BCUT2D eigenvalue weighted by molar-refractivity contribution is 6.35. The molecule has 1 aliphatic heterocycles. The highest BCUT2D eigenvalue weighted by Gasteiger charge is 2.31. The van der Waals surface area contributed by atoms with E-state index < -0.39 is 6.04 Å². The number of hydrogen-bond acceptors (Lipinski definition) is 3. The van der Waals surface area contributed by atoms with E-state index in [-0.39, 0.29) is 24.8 Å². The SMILES string of the molecule is O=C1NC(C(=O)NCc2ccc(Cl)cc2Cl)C/C1=C\NCc1ccc(Cl)cc1Cl. The fourth-order valence-corrected chi connectivity index (χ4v) is 3.77. The van der Waals surface area contributed by atoms with Gasteiger partial charge in [-0.2, -0.15) is 0 Å². The van der Waals surface area contributed by atoms with Crippen molar-refractivity contribution in [1.82, 2.24) is 16.0 Å². The molecular formula is C20H17Cl4N3O2. The molecule has 1 saturated heterocycles. The van der Waals surface area contributed by atoms with E-state index in [0.29, 0.717) is 32.2 Å². The maximum absolute atomic E-state index is 12.4. The van der Waals surface area contributed by atoms with Crippen molar-refractivity contribution in [2.24, 2.45) is 0 Å². The van der Waals surface area contributed by atoms with Crippen molar-refractivity contribution in [3.63, 3.8) is 0 Å². The van der Waals surface area contributed by atoms with Gasteiger partial charge >= 0.3 is 0 Å². The van der Waals surface area contributed by atoms with Crippen molar-refractivity contribution in [3.8, 4) is 0 Å². The van der Waals surface area contributed by atoms with E-state index in [1.807, 2.05) is 6.07 Å². The van der Waals surface area contributed by atoms with Gasteiger partial charge in [-0.05, 0) is 35.4 Å². The summed E-state index contributed by atoms with van der Waals surface area (Å²) in [4.78, 5) is 24.5. The highest BCUT2D eigenvalue weighted by Crippen LogP contribution is 2.22. The fraction of sp³-hybridized carbons (Fsp3) is 0.200. The van der Waals surface area contributed by atoms with Crippen LogP contribution in [0.25, 0.3) is 0 Å². The maximum Gasteiger partial charge on any atom is 0.249 e. The standard InChI is InChI=1S/C20H17Cl4N3O2/c21-14-3-1-11(16(23)6-14)8-25-9-13-5-18(27-19(13)28)20(29)26-10-12-2-4-15(22)7-17(12)24/h1-4,6-7,9,18,25H,5,8,10H2,(H,26,29)(H,27,28)/b13-9+. The van der Waals surface area contributed by atoms with Crippen LogP contribution in [0.15, 0.2) is 48.2 Å². The van der Waals surface area contributed by atoms with Crippen molar-refractivity contribution >= 4 is 58.2 Å². The van der Waals surface area contributed by atoms with Gasteiger partial charge in [0.2, 0.25) is 11.8 Å². The zero-order valence-electron chi connectivity index (χ0n) is 15.1. The van der Waals surface area contributed by atoms with Crippen LogP contribution in [0.4, 0.5) is 0 Å². The second-order valence-corrected chi connectivity index (χ2v) is 8.16. The zero-order valence-corrected chi connectivity index (χ0v) is 18.1. The first-order valence-corrected chi connectivity index (χ1v) is 10.2. The lowest BCUT2D eigenvalue weighted by molar-refractivity contribution is -0.125. The van der Waals surface area contributed by atoms with Crippen LogP contribution in [-0.4, -0.2) is 17.9 Å². The first-order chi connectivity index (χ1) is 13.8. The Hall–Kier alpha value is -1.92. The van der Waals surface area contributed by atoms with E-state index in [9.17, 15) is 9.59 Å². The molecule has 0 bridgehead atoms. The lowest BCUT2D eigenvalue weighted by Gasteiger charge is -2.11. The van der Waals surface area contributed by atoms with Gasteiger partial charge < -0.3 is 16.0 Å². The minimum atomic E-state index is -0.638. The molecular weight excluding hydrogens is 456 g/mol. The molecule has 1 unspecified atom stereocenters. The molecule has 0 radical (unpaired) electrons. The Morgan fingerprint density at radius 3 is 2.17 bits per heavy atom. The van der Waals surface area contributed by atoms with Crippen LogP contribution in [0.5, 0.6) is 0 Å². The highest BCUT2D eigenvalue weighted by atomic mass is 35.5. The van der Waals surface area contributed by atoms with Gasteiger partial charge in [-0.15, -0.1) is 0 Å². The van der Waals surface area contributed by atoms with Crippen LogP contribution in [0.3, 0.4) is 0 Å².